The number of hydrogen-bond acceptors (Lipinski definition) is 4. The molecule has 0 radical (unpaired) electrons. The van der Waals surface area contributed by atoms with E-state index in [0.29, 0.717) is 24.7 Å². The summed E-state index contributed by atoms with van der Waals surface area (Å²) in [6, 6.07) is 7.45. The fourth-order valence-electron chi connectivity index (χ4n) is 2.59. The highest BCUT2D eigenvalue weighted by Crippen LogP contribution is 2.23. The zero-order valence-corrected chi connectivity index (χ0v) is 14.3. The summed E-state index contributed by atoms with van der Waals surface area (Å²) in [6.07, 6.45) is -0.162. The number of ether oxygens (including phenoxy) is 1. The molecular weight excluding hydrogens is 336 g/mol. The van der Waals surface area contributed by atoms with E-state index >= 15 is 0 Å². The van der Waals surface area contributed by atoms with Crippen molar-refractivity contribution in [2.24, 2.45) is 0 Å². The van der Waals surface area contributed by atoms with Gasteiger partial charge in [0.2, 0.25) is 5.91 Å². The molecule has 3 rings (SSSR count). The largest absolute Gasteiger partial charge is 0.370 e. The van der Waals surface area contributed by atoms with Crippen LogP contribution in [0.1, 0.15) is 17.4 Å². The van der Waals surface area contributed by atoms with Gasteiger partial charge in [0.1, 0.15) is 12.6 Å². The molecule has 1 saturated heterocycles. The van der Waals surface area contributed by atoms with E-state index in [2.05, 4.69) is 0 Å². The number of aromatic nitrogens is 1. The molecular formula is C16H17ClN2O3S. The van der Waals surface area contributed by atoms with Gasteiger partial charge in [-0.1, -0.05) is 35.1 Å². The van der Waals surface area contributed by atoms with E-state index < -0.39 is 0 Å². The summed E-state index contributed by atoms with van der Waals surface area (Å²) >= 11 is 7.02. The van der Waals surface area contributed by atoms with Gasteiger partial charge in [-0.25, -0.2) is 0 Å². The van der Waals surface area contributed by atoms with Crippen LogP contribution in [0, 0.1) is 6.92 Å². The lowest BCUT2D eigenvalue weighted by Crippen LogP contribution is -2.44. The first-order valence-corrected chi connectivity index (χ1v) is 8.60. The number of rotatable bonds is 3. The third-order valence-electron chi connectivity index (χ3n) is 3.93. The molecule has 1 aromatic heterocycles. The average molecular weight is 353 g/mol. The number of carbonyl (C=O) groups excluding carboxylic acids is 1. The Hall–Kier alpha value is -1.63. The van der Waals surface area contributed by atoms with Gasteiger partial charge in [-0.2, -0.15) is 0 Å². The molecule has 1 aliphatic heterocycles. The highest BCUT2D eigenvalue weighted by molar-refractivity contribution is 7.07. The van der Waals surface area contributed by atoms with Gasteiger partial charge in [0.05, 0.1) is 13.2 Å². The zero-order chi connectivity index (χ0) is 16.4. The molecule has 23 heavy (non-hydrogen) atoms. The van der Waals surface area contributed by atoms with Crippen LogP contribution in [0.3, 0.4) is 0 Å². The molecule has 0 bridgehead atoms. The summed E-state index contributed by atoms with van der Waals surface area (Å²) in [5, 5.41) is 2.44. The minimum Gasteiger partial charge on any atom is -0.370 e. The fourth-order valence-corrected chi connectivity index (χ4v) is 3.45. The van der Waals surface area contributed by atoms with Crippen LogP contribution in [-0.4, -0.2) is 35.1 Å². The van der Waals surface area contributed by atoms with Crippen molar-refractivity contribution in [1.82, 2.24) is 9.47 Å². The first-order chi connectivity index (χ1) is 11.0. The summed E-state index contributed by atoms with van der Waals surface area (Å²) in [5.74, 6) is -0.0594. The van der Waals surface area contributed by atoms with Crippen LogP contribution in [-0.2, 0) is 16.1 Å². The molecule has 1 aromatic carbocycles. The molecule has 5 nitrogen and oxygen atoms in total. The molecule has 1 aliphatic rings. The summed E-state index contributed by atoms with van der Waals surface area (Å²) in [5.41, 5.74) is 1.81. The molecule has 2 heterocycles. The molecule has 0 N–H and O–H groups in total. The molecule has 2 aromatic rings. The number of halogens is 1. The number of aryl methyl sites for hydroxylation is 1. The average Bonchev–Trinajstić information content (AvgIpc) is 2.87. The van der Waals surface area contributed by atoms with Gasteiger partial charge in [-0.05, 0) is 24.6 Å². The maximum Gasteiger partial charge on any atom is 0.307 e. The van der Waals surface area contributed by atoms with E-state index in [9.17, 15) is 9.59 Å². The van der Waals surface area contributed by atoms with Gasteiger partial charge in [-0.15, -0.1) is 0 Å². The Morgan fingerprint density at radius 2 is 2.13 bits per heavy atom. The lowest BCUT2D eigenvalue weighted by atomic mass is 10.1. The second kappa shape index (κ2) is 6.86. The van der Waals surface area contributed by atoms with Gasteiger partial charge in [0.25, 0.3) is 0 Å². The van der Waals surface area contributed by atoms with E-state index in [1.165, 1.54) is 4.57 Å². The quantitative estimate of drug-likeness (QED) is 0.852. The Morgan fingerprint density at radius 1 is 1.39 bits per heavy atom. The number of hydrogen-bond donors (Lipinski definition) is 0. The molecule has 1 atom stereocenters. The molecule has 122 valence electrons. The smallest absolute Gasteiger partial charge is 0.307 e. The first-order valence-electron chi connectivity index (χ1n) is 7.34. The zero-order valence-electron chi connectivity index (χ0n) is 12.7. The van der Waals surface area contributed by atoms with Crippen LogP contribution in [0.25, 0.3) is 0 Å². The van der Waals surface area contributed by atoms with Crippen LogP contribution in [0.4, 0.5) is 0 Å². The molecule has 7 heteroatoms. The van der Waals surface area contributed by atoms with Gasteiger partial charge < -0.3 is 9.64 Å². The molecule has 1 unspecified atom stereocenters. The second-order valence-electron chi connectivity index (χ2n) is 5.48. The number of benzene rings is 1. The Bertz CT molecular complexity index is 753. The van der Waals surface area contributed by atoms with E-state index in [1.807, 2.05) is 31.2 Å². The maximum absolute atomic E-state index is 12.5. The fraction of sp³-hybridized carbons (Fsp3) is 0.375. The van der Waals surface area contributed by atoms with Crippen molar-refractivity contribution in [3.63, 3.8) is 0 Å². The van der Waals surface area contributed by atoms with Crippen molar-refractivity contribution in [3.8, 4) is 0 Å². The third kappa shape index (κ3) is 3.65. The monoisotopic (exact) mass is 352 g/mol. The topological polar surface area (TPSA) is 51.5 Å². The number of morpholine rings is 1. The van der Waals surface area contributed by atoms with Crippen LogP contribution >= 0.6 is 22.9 Å². The van der Waals surface area contributed by atoms with Crippen LogP contribution in [0.15, 0.2) is 34.4 Å². The highest BCUT2D eigenvalue weighted by atomic mass is 35.5. The molecule has 0 aliphatic carbocycles. The maximum atomic E-state index is 12.5. The third-order valence-corrected chi connectivity index (χ3v) is 5.06. The predicted octanol–water partition coefficient (Wildman–Crippen LogP) is 2.47. The predicted molar refractivity (Wildman–Crippen MR) is 90.0 cm³/mol. The van der Waals surface area contributed by atoms with Crippen LogP contribution in [0.5, 0.6) is 0 Å². The SMILES string of the molecule is Cc1csc(=O)n1CC(=O)N1CCOC(c2ccc(Cl)cc2)C1. The number of carbonyl (C=O) groups is 1. The summed E-state index contributed by atoms with van der Waals surface area (Å²) in [4.78, 5) is 25.9. The highest BCUT2D eigenvalue weighted by Gasteiger charge is 2.26. The number of thiazole rings is 1. The van der Waals surface area contributed by atoms with Crippen LogP contribution < -0.4 is 4.87 Å². The molecule has 1 fully saturated rings. The Morgan fingerprint density at radius 3 is 2.78 bits per heavy atom. The van der Waals surface area contributed by atoms with Crippen molar-refractivity contribution in [2.45, 2.75) is 19.6 Å². The van der Waals surface area contributed by atoms with Crippen molar-refractivity contribution in [1.29, 1.82) is 0 Å². The Labute approximate surface area is 143 Å². The lowest BCUT2D eigenvalue weighted by Gasteiger charge is -2.33. The minimum absolute atomic E-state index is 0.0594. The van der Waals surface area contributed by atoms with Crippen molar-refractivity contribution >= 4 is 28.8 Å². The van der Waals surface area contributed by atoms with Crippen molar-refractivity contribution in [3.05, 3.63) is 55.6 Å². The Kier molecular flexibility index (Phi) is 4.84. The molecule has 0 spiro atoms. The van der Waals surface area contributed by atoms with Crippen LogP contribution in [0.2, 0.25) is 5.02 Å². The van der Waals surface area contributed by atoms with E-state index in [1.54, 1.807) is 10.3 Å². The van der Waals surface area contributed by atoms with Gasteiger partial charge in [0.15, 0.2) is 0 Å². The normalized spacial score (nSPS) is 18.2. The second-order valence-corrected chi connectivity index (χ2v) is 6.74. The standard InChI is InChI=1S/C16H17ClN2O3S/c1-11-10-23-16(21)19(11)9-15(20)18-6-7-22-14(8-18)12-2-4-13(17)5-3-12/h2-5,10,14H,6-9H2,1H3. The van der Waals surface area contributed by atoms with E-state index in [4.69, 9.17) is 16.3 Å². The lowest BCUT2D eigenvalue weighted by molar-refractivity contribution is -0.139. The van der Waals surface area contributed by atoms with Gasteiger partial charge >= 0.3 is 4.87 Å². The summed E-state index contributed by atoms with van der Waals surface area (Å²) in [6.45, 7) is 3.43. The Balaban J connectivity index is 1.69. The van der Waals surface area contributed by atoms with Gasteiger partial charge in [-0.3, -0.25) is 14.2 Å². The van der Waals surface area contributed by atoms with E-state index in [-0.39, 0.29) is 23.4 Å². The van der Waals surface area contributed by atoms with E-state index in [0.717, 1.165) is 22.6 Å². The molecule has 0 saturated carbocycles. The van der Waals surface area contributed by atoms with Crippen molar-refractivity contribution < 1.29 is 9.53 Å². The summed E-state index contributed by atoms with van der Waals surface area (Å²) in [7, 11) is 0. The van der Waals surface area contributed by atoms with Crippen molar-refractivity contribution in [2.75, 3.05) is 19.7 Å². The minimum atomic E-state index is -0.162. The molecule has 1 amide bonds. The number of amides is 1. The number of nitrogens with zero attached hydrogens (tertiary/aromatic N) is 2. The van der Waals surface area contributed by atoms with Gasteiger partial charge in [0, 0.05) is 22.6 Å². The first kappa shape index (κ1) is 16.2. The summed E-state index contributed by atoms with van der Waals surface area (Å²) < 4.78 is 7.28.